The summed E-state index contributed by atoms with van der Waals surface area (Å²) in [6.07, 6.45) is 5.65. The molecule has 10 heteroatoms. The normalized spacial score (nSPS) is 11.2. The van der Waals surface area contributed by atoms with Gasteiger partial charge in [0.05, 0.1) is 37.3 Å². The number of carbonyl (C=O) groups is 5. The lowest BCUT2D eigenvalue weighted by Gasteiger charge is -2.22. The summed E-state index contributed by atoms with van der Waals surface area (Å²) in [7, 11) is 0. The summed E-state index contributed by atoms with van der Waals surface area (Å²) in [5.41, 5.74) is -1.03. The fourth-order valence-electron chi connectivity index (χ4n) is 3.61. The summed E-state index contributed by atoms with van der Waals surface area (Å²) in [5.74, 6) is -3.14. The van der Waals surface area contributed by atoms with Crippen LogP contribution in [-0.2, 0) is 42.9 Å². The molecule has 0 saturated carbocycles. The molecule has 0 aromatic heterocycles. The van der Waals surface area contributed by atoms with E-state index in [1.165, 1.54) is 0 Å². The van der Waals surface area contributed by atoms with Gasteiger partial charge in [-0.3, -0.25) is 24.0 Å². The van der Waals surface area contributed by atoms with Gasteiger partial charge in [0.15, 0.2) is 5.92 Å². The van der Waals surface area contributed by atoms with E-state index in [1.54, 1.807) is 27.7 Å². The van der Waals surface area contributed by atoms with Gasteiger partial charge in [0.1, 0.15) is 0 Å². The van der Waals surface area contributed by atoms with E-state index in [0.717, 1.165) is 19.3 Å². The number of ether oxygens (including phenoxy) is 4. The summed E-state index contributed by atoms with van der Waals surface area (Å²) in [6.45, 7) is 15.6. The van der Waals surface area contributed by atoms with Crippen molar-refractivity contribution in [3.63, 3.8) is 0 Å². The van der Waals surface area contributed by atoms with E-state index in [9.17, 15) is 24.0 Å². The average molecular weight is 561 g/mol. The molecule has 10 nitrogen and oxygen atoms in total. The minimum absolute atomic E-state index is 0.173. The molecule has 0 heterocycles. The highest BCUT2D eigenvalue weighted by molar-refractivity contribution is 5.94. The summed E-state index contributed by atoms with van der Waals surface area (Å²) < 4.78 is 19.9. The zero-order valence-corrected chi connectivity index (χ0v) is 25.4. The standard InChI is InChI=1S/C17H30O6.C12H22O4/c1-6-21-14(18)13(15(19)22-7-2)11-9-10-12-17(4,5)16(20)23-8-3;1-4-16-11(15)12(2,3)9-7-5-6-8-10(13)14/h13H,6-12H2,1-5H3;4-9H2,1-3H3,(H,13,14). The predicted octanol–water partition coefficient (Wildman–Crippen LogP) is 5.49. The summed E-state index contributed by atoms with van der Waals surface area (Å²) >= 11 is 0. The molecule has 0 radical (unpaired) electrons. The van der Waals surface area contributed by atoms with Crippen LogP contribution in [-0.4, -0.2) is 61.4 Å². The fourth-order valence-corrected chi connectivity index (χ4v) is 3.61. The Labute approximate surface area is 234 Å². The minimum atomic E-state index is -0.888. The smallest absolute Gasteiger partial charge is 0.320 e. The number of aliphatic carboxylic acids is 1. The van der Waals surface area contributed by atoms with Gasteiger partial charge in [0, 0.05) is 6.42 Å². The monoisotopic (exact) mass is 560 g/mol. The Bertz CT molecular complexity index is 724. The van der Waals surface area contributed by atoms with Gasteiger partial charge in [-0.05, 0) is 81.1 Å². The molecular formula is C29H52O10. The van der Waals surface area contributed by atoms with Crippen LogP contribution in [0.4, 0.5) is 0 Å². The fraction of sp³-hybridized carbons (Fsp3) is 0.828. The molecule has 0 spiro atoms. The van der Waals surface area contributed by atoms with Crippen LogP contribution in [0.15, 0.2) is 0 Å². The molecule has 0 rings (SSSR count). The number of hydrogen-bond acceptors (Lipinski definition) is 9. The van der Waals surface area contributed by atoms with Crippen molar-refractivity contribution in [3.8, 4) is 0 Å². The van der Waals surface area contributed by atoms with Gasteiger partial charge < -0.3 is 24.1 Å². The number of unbranched alkanes of at least 4 members (excludes halogenated alkanes) is 3. The molecule has 1 N–H and O–H groups in total. The van der Waals surface area contributed by atoms with Crippen molar-refractivity contribution in [2.45, 2.75) is 113 Å². The summed E-state index contributed by atoms with van der Waals surface area (Å²) in [5, 5.41) is 8.46. The van der Waals surface area contributed by atoms with Gasteiger partial charge in [0.2, 0.25) is 0 Å². The second-order valence-corrected chi connectivity index (χ2v) is 10.5. The molecule has 228 valence electrons. The summed E-state index contributed by atoms with van der Waals surface area (Å²) in [6, 6.07) is 0. The molecule has 39 heavy (non-hydrogen) atoms. The van der Waals surface area contributed by atoms with E-state index in [-0.39, 0.29) is 31.6 Å². The van der Waals surface area contributed by atoms with Gasteiger partial charge in [-0.2, -0.15) is 0 Å². The molecule has 0 aromatic rings. The van der Waals surface area contributed by atoms with Gasteiger partial charge in [-0.25, -0.2) is 0 Å². The Kier molecular flexibility index (Phi) is 20.9. The quantitative estimate of drug-likeness (QED) is 0.0932. The highest BCUT2D eigenvalue weighted by Gasteiger charge is 2.31. The third-order valence-electron chi connectivity index (χ3n) is 6.04. The van der Waals surface area contributed by atoms with E-state index in [1.807, 2.05) is 27.7 Å². The highest BCUT2D eigenvalue weighted by atomic mass is 16.6. The number of esters is 4. The Hall–Kier alpha value is -2.65. The van der Waals surface area contributed by atoms with Crippen molar-refractivity contribution < 1.29 is 48.0 Å². The molecule has 0 aliphatic heterocycles. The number of carboxylic acids is 1. The second-order valence-electron chi connectivity index (χ2n) is 10.5. The highest BCUT2D eigenvalue weighted by Crippen LogP contribution is 2.27. The Balaban J connectivity index is 0. The van der Waals surface area contributed by atoms with Gasteiger partial charge in [-0.1, -0.05) is 25.7 Å². The first-order valence-electron chi connectivity index (χ1n) is 14.1. The molecule has 0 aliphatic carbocycles. The maximum Gasteiger partial charge on any atom is 0.320 e. The lowest BCUT2D eigenvalue weighted by atomic mass is 9.86. The van der Waals surface area contributed by atoms with Crippen LogP contribution >= 0.6 is 0 Å². The Morgan fingerprint density at radius 3 is 1.33 bits per heavy atom. The van der Waals surface area contributed by atoms with Crippen molar-refractivity contribution in [2.24, 2.45) is 16.7 Å². The molecule has 0 fully saturated rings. The van der Waals surface area contributed by atoms with Gasteiger partial charge >= 0.3 is 29.8 Å². The Morgan fingerprint density at radius 1 is 0.590 bits per heavy atom. The van der Waals surface area contributed by atoms with Crippen molar-refractivity contribution in [1.29, 1.82) is 0 Å². The van der Waals surface area contributed by atoms with Gasteiger partial charge in [0.25, 0.3) is 0 Å². The van der Waals surface area contributed by atoms with Crippen molar-refractivity contribution >= 4 is 29.8 Å². The zero-order valence-electron chi connectivity index (χ0n) is 25.4. The average Bonchev–Trinajstić information content (AvgIpc) is 2.84. The summed E-state index contributed by atoms with van der Waals surface area (Å²) in [4.78, 5) is 57.3. The van der Waals surface area contributed by atoms with Crippen LogP contribution in [0.25, 0.3) is 0 Å². The van der Waals surface area contributed by atoms with Crippen LogP contribution < -0.4 is 0 Å². The molecule has 0 atom stereocenters. The molecule has 0 unspecified atom stereocenters. The second kappa shape index (κ2) is 21.2. The predicted molar refractivity (Wildman–Crippen MR) is 147 cm³/mol. The first-order chi connectivity index (χ1) is 18.2. The zero-order chi connectivity index (χ0) is 30.5. The van der Waals surface area contributed by atoms with Crippen molar-refractivity contribution in [1.82, 2.24) is 0 Å². The lowest BCUT2D eigenvalue weighted by Crippen LogP contribution is -2.29. The van der Waals surface area contributed by atoms with Crippen LogP contribution in [0, 0.1) is 16.7 Å². The van der Waals surface area contributed by atoms with E-state index in [4.69, 9.17) is 24.1 Å². The maximum atomic E-state index is 11.8. The lowest BCUT2D eigenvalue weighted by molar-refractivity contribution is -0.162. The molecule has 0 aliphatic rings. The number of rotatable bonds is 19. The molecule has 0 saturated heterocycles. The SMILES string of the molecule is CCOC(=O)C(C)(C)CCCCCC(=O)O.CCOC(=O)C(CCCCC(C)(C)C(=O)OCC)C(=O)OCC. The van der Waals surface area contributed by atoms with Crippen LogP contribution in [0.3, 0.4) is 0 Å². The number of carbonyl (C=O) groups excluding carboxylic acids is 4. The van der Waals surface area contributed by atoms with Crippen LogP contribution in [0.1, 0.15) is 113 Å². The maximum absolute atomic E-state index is 11.8. The number of hydrogen-bond donors (Lipinski definition) is 1. The first-order valence-corrected chi connectivity index (χ1v) is 14.1. The van der Waals surface area contributed by atoms with Crippen LogP contribution in [0.5, 0.6) is 0 Å². The number of carboxylic acid groups (broad SMARTS) is 1. The van der Waals surface area contributed by atoms with E-state index in [2.05, 4.69) is 0 Å². The Morgan fingerprint density at radius 2 is 0.974 bits per heavy atom. The first kappa shape index (κ1) is 38.5. The van der Waals surface area contributed by atoms with Crippen molar-refractivity contribution in [3.05, 3.63) is 0 Å². The topological polar surface area (TPSA) is 142 Å². The third-order valence-corrected chi connectivity index (χ3v) is 6.04. The molecular weight excluding hydrogens is 508 g/mol. The van der Waals surface area contributed by atoms with Crippen LogP contribution in [0.2, 0.25) is 0 Å². The minimum Gasteiger partial charge on any atom is -0.481 e. The largest absolute Gasteiger partial charge is 0.481 e. The van der Waals surface area contributed by atoms with E-state index < -0.39 is 34.7 Å². The van der Waals surface area contributed by atoms with Gasteiger partial charge in [-0.15, -0.1) is 0 Å². The molecule has 0 amide bonds. The molecule has 0 aromatic carbocycles. The van der Waals surface area contributed by atoms with E-state index >= 15 is 0 Å². The third kappa shape index (κ3) is 18.3. The van der Waals surface area contributed by atoms with E-state index in [0.29, 0.717) is 45.3 Å². The van der Waals surface area contributed by atoms with Crippen molar-refractivity contribution in [2.75, 3.05) is 26.4 Å². The molecule has 0 bridgehead atoms.